The van der Waals surface area contributed by atoms with Crippen molar-refractivity contribution in [2.75, 3.05) is 12.0 Å². The molecular formula is C27H25N3O4S. The summed E-state index contributed by atoms with van der Waals surface area (Å²) in [7, 11) is 1.35. The normalized spacial score (nSPS) is 14.9. The van der Waals surface area contributed by atoms with Crippen LogP contribution in [0.3, 0.4) is 0 Å². The van der Waals surface area contributed by atoms with Gasteiger partial charge in [0, 0.05) is 17.1 Å². The minimum atomic E-state index is -0.535. The van der Waals surface area contributed by atoms with E-state index in [1.54, 1.807) is 30.3 Å². The number of nitrogens with one attached hydrogen (secondary N) is 1. The van der Waals surface area contributed by atoms with E-state index < -0.39 is 17.8 Å². The molecule has 1 aliphatic rings. The van der Waals surface area contributed by atoms with Crippen molar-refractivity contribution in [1.82, 2.24) is 9.88 Å². The fourth-order valence-electron chi connectivity index (χ4n) is 4.20. The Morgan fingerprint density at radius 3 is 2.31 bits per heavy atom. The molecule has 0 unspecified atom stereocenters. The lowest BCUT2D eigenvalue weighted by atomic mass is 10.1. The fraction of sp³-hybridized carbons (Fsp3) is 0.185. The second kappa shape index (κ2) is 9.31. The molecule has 7 nitrogen and oxygen atoms in total. The first-order valence-corrected chi connectivity index (χ1v) is 11.4. The van der Waals surface area contributed by atoms with Gasteiger partial charge in [0.1, 0.15) is 5.57 Å². The fourth-order valence-corrected chi connectivity index (χ4v) is 4.48. The molecule has 1 N–H and O–H groups in total. The van der Waals surface area contributed by atoms with Crippen LogP contribution < -0.4 is 10.2 Å². The summed E-state index contributed by atoms with van der Waals surface area (Å²) in [6.45, 7) is 7.73. The summed E-state index contributed by atoms with van der Waals surface area (Å²) >= 11 is 5.29. The van der Waals surface area contributed by atoms with Crippen molar-refractivity contribution in [2.45, 2.75) is 27.7 Å². The SMILES string of the molecule is COC(=O)c1ccc(-n2c(C)cc(/C=C3\C(=O)NC(=S)N(c4ccc(C)cc4)C3=O)c2C)c(C)c1. The topological polar surface area (TPSA) is 80.6 Å². The lowest BCUT2D eigenvalue weighted by Gasteiger charge is -2.29. The van der Waals surface area contributed by atoms with Crippen molar-refractivity contribution in [1.29, 1.82) is 0 Å². The Morgan fingerprint density at radius 1 is 1.00 bits per heavy atom. The lowest BCUT2D eigenvalue weighted by Crippen LogP contribution is -2.54. The van der Waals surface area contributed by atoms with Gasteiger partial charge >= 0.3 is 5.97 Å². The number of thiocarbonyl (C=S) groups is 1. The minimum Gasteiger partial charge on any atom is -0.465 e. The highest BCUT2D eigenvalue weighted by atomic mass is 32.1. The molecular weight excluding hydrogens is 462 g/mol. The highest BCUT2D eigenvalue weighted by molar-refractivity contribution is 7.80. The first-order valence-electron chi connectivity index (χ1n) is 11.0. The van der Waals surface area contributed by atoms with E-state index in [1.807, 2.05) is 56.5 Å². The average molecular weight is 488 g/mol. The lowest BCUT2D eigenvalue weighted by molar-refractivity contribution is -0.122. The Balaban J connectivity index is 1.75. The van der Waals surface area contributed by atoms with E-state index in [4.69, 9.17) is 17.0 Å². The molecule has 178 valence electrons. The number of esters is 1. The number of carbonyl (C=O) groups excluding carboxylic acids is 3. The molecule has 4 rings (SSSR count). The molecule has 0 saturated carbocycles. The molecule has 0 bridgehead atoms. The molecule has 1 aromatic heterocycles. The zero-order chi connectivity index (χ0) is 25.4. The molecule has 0 atom stereocenters. The number of nitrogens with zero attached hydrogens (tertiary/aromatic N) is 2. The van der Waals surface area contributed by atoms with Gasteiger partial charge in [-0.15, -0.1) is 0 Å². The van der Waals surface area contributed by atoms with Crippen LogP contribution in [-0.4, -0.2) is 34.6 Å². The van der Waals surface area contributed by atoms with E-state index >= 15 is 0 Å². The van der Waals surface area contributed by atoms with E-state index in [0.717, 1.165) is 33.8 Å². The van der Waals surface area contributed by atoms with Gasteiger partial charge in [0.2, 0.25) is 0 Å². The van der Waals surface area contributed by atoms with Gasteiger partial charge in [0.25, 0.3) is 11.8 Å². The van der Waals surface area contributed by atoms with Crippen LogP contribution in [0.1, 0.15) is 38.4 Å². The third-order valence-corrected chi connectivity index (χ3v) is 6.31. The van der Waals surface area contributed by atoms with Crippen LogP contribution >= 0.6 is 12.2 Å². The van der Waals surface area contributed by atoms with Crippen molar-refractivity contribution >= 4 is 46.9 Å². The van der Waals surface area contributed by atoms with Crippen molar-refractivity contribution in [3.63, 3.8) is 0 Å². The number of anilines is 1. The van der Waals surface area contributed by atoms with E-state index in [2.05, 4.69) is 5.32 Å². The quantitative estimate of drug-likeness (QED) is 0.256. The van der Waals surface area contributed by atoms with E-state index in [-0.39, 0.29) is 10.7 Å². The number of rotatable bonds is 4. The monoisotopic (exact) mass is 487 g/mol. The second-order valence-corrected chi connectivity index (χ2v) is 8.83. The molecule has 2 heterocycles. The standard InChI is InChI=1S/C27H25N3O4S/c1-15-6-9-21(10-7-15)30-25(32)22(24(31)28-27(30)35)14-20-13-17(3)29(18(20)4)23-11-8-19(12-16(23)2)26(33)34-5/h6-14H,1-5H3,(H,28,31,35)/b22-14+. The number of aromatic nitrogens is 1. The second-order valence-electron chi connectivity index (χ2n) is 8.45. The van der Waals surface area contributed by atoms with Crippen LogP contribution in [0.5, 0.6) is 0 Å². The summed E-state index contributed by atoms with van der Waals surface area (Å²) in [5.74, 6) is -1.42. The predicted octanol–water partition coefficient (Wildman–Crippen LogP) is 4.33. The summed E-state index contributed by atoms with van der Waals surface area (Å²) in [6, 6.07) is 14.6. The van der Waals surface area contributed by atoms with Gasteiger partial charge in [-0.1, -0.05) is 17.7 Å². The van der Waals surface area contributed by atoms with Crippen LogP contribution in [0.4, 0.5) is 5.69 Å². The summed E-state index contributed by atoms with van der Waals surface area (Å²) in [6.07, 6.45) is 1.59. The molecule has 1 fully saturated rings. The highest BCUT2D eigenvalue weighted by Crippen LogP contribution is 2.28. The van der Waals surface area contributed by atoms with Gasteiger partial charge in [-0.25, -0.2) is 4.79 Å². The molecule has 35 heavy (non-hydrogen) atoms. The maximum absolute atomic E-state index is 13.4. The molecule has 0 aliphatic carbocycles. The van der Waals surface area contributed by atoms with Crippen molar-refractivity contribution in [2.24, 2.45) is 0 Å². The van der Waals surface area contributed by atoms with Gasteiger partial charge in [0.15, 0.2) is 5.11 Å². The minimum absolute atomic E-state index is 0.00261. The molecule has 3 aromatic rings. The Morgan fingerprint density at radius 2 is 1.69 bits per heavy atom. The highest BCUT2D eigenvalue weighted by Gasteiger charge is 2.34. The van der Waals surface area contributed by atoms with Crippen molar-refractivity contribution < 1.29 is 19.1 Å². The third-order valence-electron chi connectivity index (χ3n) is 6.02. The summed E-state index contributed by atoms with van der Waals surface area (Å²) in [5.41, 5.74) is 6.36. The average Bonchev–Trinajstić information content (AvgIpc) is 3.09. The molecule has 2 amide bonds. The van der Waals surface area contributed by atoms with Crippen LogP contribution in [0.15, 0.2) is 54.1 Å². The van der Waals surface area contributed by atoms with E-state index in [1.165, 1.54) is 12.0 Å². The molecule has 0 radical (unpaired) electrons. The van der Waals surface area contributed by atoms with E-state index in [0.29, 0.717) is 11.3 Å². The Labute approximate surface area is 209 Å². The zero-order valence-electron chi connectivity index (χ0n) is 20.1. The van der Waals surface area contributed by atoms with E-state index in [9.17, 15) is 14.4 Å². The molecule has 0 spiro atoms. The van der Waals surface area contributed by atoms with Crippen LogP contribution in [0.25, 0.3) is 11.8 Å². The van der Waals surface area contributed by atoms with Crippen LogP contribution in [0, 0.1) is 27.7 Å². The summed E-state index contributed by atoms with van der Waals surface area (Å²) in [5, 5.41) is 2.67. The largest absolute Gasteiger partial charge is 0.465 e. The third kappa shape index (κ3) is 4.40. The number of amides is 2. The van der Waals surface area contributed by atoms with Crippen LogP contribution in [-0.2, 0) is 14.3 Å². The smallest absolute Gasteiger partial charge is 0.337 e. The van der Waals surface area contributed by atoms with Crippen LogP contribution in [0.2, 0.25) is 0 Å². The number of aryl methyl sites for hydroxylation is 3. The number of methoxy groups -OCH3 is 1. The predicted molar refractivity (Wildman–Crippen MR) is 139 cm³/mol. The molecule has 1 saturated heterocycles. The maximum atomic E-state index is 13.4. The summed E-state index contributed by atoms with van der Waals surface area (Å²) < 4.78 is 6.83. The van der Waals surface area contributed by atoms with Gasteiger partial charge in [-0.3, -0.25) is 19.8 Å². The molecule has 1 aliphatic heterocycles. The first kappa shape index (κ1) is 24.1. The zero-order valence-corrected chi connectivity index (χ0v) is 20.9. The number of hydrogen-bond donors (Lipinski definition) is 1. The van der Waals surface area contributed by atoms with Gasteiger partial charge in [-0.2, -0.15) is 0 Å². The number of ether oxygens (including phenoxy) is 1. The van der Waals surface area contributed by atoms with Crippen molar-refractivity contribution in [3.05, 3.63) is 87.7 Å². The Bertz CT molecular complexity index is 1420. The molecule has 2 aromatic carbocycles. The number of benzene rings is 2. The number of hydrogen-bond acceptors (Lipinski definition) is 5. The summed E-state index contributed by atoms with van der Waals surface area (Å²) in [4.78, 5) is 39.3. The number of carbonyl (C=O) groups is 3. The van der Waals surface area contributed by atoms with Gasteiger partial charge < -0.3 is 9.30 Å². The van der Waals surface area contributed by atoms with Gasteiger partial charge in [0.05, 0.1) is 18.4 Å². The maximum Gasteiger partial charge on any atom is 0.337 e. The van der Waals surface area contributed by atoms with Gasteiger partial charge in [-0.05, 0) is 93.5 Å². The Hall–Kier alpha value is -4.04. The Kier molecular flexibility index (Phi) is 6.41. The molecule has 8 heteroatoms. The first-order chi connectivity index (χ1) is 16.6. The van der Waals surface area contributed by atoms with Crippen molar-refractivity contribution in [3.8, 4) is 5.69 Å².